The Hall–Kier alpha value is -3.67. The maximum Gasteiger partial charge on any atom is 0.310 e. The molecule has 0 bridgehead atoms. The molecular weight excluding hydrogens is 414 g/mol. The van der Waals surface area contributed by atoms with Crippen molar-refractivity contribution in [3.63, 3.8) is 0 Å². The highest BCUT2D eigenvalue weighted by atomic mass is 16.5. The maximum atomic E-state index is 12.3. The molecule has 0 radical (unpaired) electrons. The number of nitrogens with one attached hydrogen (secondary N) is 1. The third-order valence-corrected chi connectivity index (χ3v) is 5.56. The Kier molecular flexibility index (Phi) is 7.83. The van der Waals surface area contributed by atoms with Gasteiger partial charge in [0, 0.05) is 22.6 Å². The van der Waals surface area contributed by atoms with Gasteiger partial charge in [0.05, 0.1) is 25.7 Å². The maximum absolute atomic E-state index is 12.3. The van der Waals surface area contributed by atoms with Crippen molar-refractivity contribution in [3.05, 3.63) is 87.7 Å². The molecule has 33 heavy (non-hydrogen) atoms. The van der Waals surface area contributed by atoms with Crippen LogP contribution in [0, 0.1) is 27.7 Å². The van der Waals surface area contributed by atoms with Crippen LogP contribution in [0.25, 0.3) is 5.69 Å². The second kappa shape index (κ2) is 10.8. The molecule has 3 aromatic rings. The van der Waals surface area contributed by atoms with E-state index in [2.05, 4.69) is 21.2 Å². The minimum atomic E-state index is -0.225. The van der Waals surface area contributed by atoms with Crippen molar-refractivity contribution < 1.29 is 14.3 Å². The van der Waals surface area contributed by atoms with Crippen LogP contribution in [-0.4, -0.2) is 29.3 Å². The Labute approximate surface area is 195 Å². The van der Waals surface area contributed by atoms with Gasteiger partial charge in [-0.25, -0.2) is 5.43 Å². The van der Waals surface area contributed by atoms with E-state index in [-0.39, 0.29) is 18.3 Å². The van der Waals surface area contributed by atoms with Gasteiger partial charge in [-0.1, -0.05) is 35.9 Å². The number of carbonyl (C=O) groups is 2. The molecule has 3 rings (SSSR count). The van der Waals surface area contributed by atoms with Crippen LogP contribution in [0.4, 0.5) is 0 Å². The number of hydrazone groups is 1. The number of aromatic nitrogens is 1. The number of nitrogens with zero attached hydrogens (tertiary/aromatic N) is 2. The monoisotopic (exact) mass is 445 g/mol. The summed E-state index contributed by atoms with van der Waals surface area (Å²) in [6.45, 7) is 10.3. The number of amides is 1. The Morgan fingerprint density at radius 1 is 1.00 bits per heavy atom. The van der Waals surface area contributed by atoms with Crippen molar-refractivity contribution in [3.8, 4) is 5.69 Å². The quantitative estimate of drug-likeness (QED) is 0.315. The lowest BCUT2D eigenvalue weighted by molar-refractivity contribution is -0.142. The summed E-state index contributed by atoms with van der Waals surface area (Å²) in [5.74, 6) is -0.374. The third-order valence-electron chi connectivity index (χ3n) is 5.56. The van der Waals surface area contributed by atoms with Gasteiger partial charge in [-0.15, -0.1) is 0 Å². The van der Waals surface area contributed by atoms with E-state index in [4.69, 9.17) is 4.74 Å². The second-order valence-corrected chi connectivity index (χ2v) is 8.21. The highest BCUT2D eigenvalue weighted by molar-refractivity contribution is 5.85. The van der Waals surface area contributed by atoms with E-state index in [0.717, 1.165) is 39.3 Å². The Morgan fingerprint density at radius 2 is 1.73 bits per heavy atom. The molecule has 0 aliphatic heterocycles. The summed E-state index contributed by atoms with van der Waals surface area (Å²) in [6.07, 6.45) is 2.23. The lowest BCUT2D eigenvalue weighted by Crippen LogP contribution is -2.20. The first-order valence-corrected chi connectivity index (χ1v) is 11.1. The van der Waals surface area contributed by atoms with Gasteiger partial charge in [-0.2, -0.15) is 5.10 Å². The molecule has 1 aromatic heterocycles. The standard InChI is InChI=1S/C27H31N3O3/c1-6-33-27(32)15-22-8-11-25(12-9-22)30-20(4)14-24(21(30)5)17-28-29-26(31)16-23-10-7-18(2)13-19(23)3/h7-14,17H,6,15-16H2,1-5H3,(H,29,31)/b28-17-. The molecule has 0 spiro atoms. The Bertz CT molecular complexity index is 1170. The molecule has 2 aromatic carbocycles. The largest absolute Gasteiger partial charge is 0.466 e. The first-order chi connectivity index (χ1) is 15.8. The summed E-state index contributed by atoms with van der Waals surface area (Å²) in [5, 5.41) is 4.17. The molecule has 0 atom stereocenters. The molecule has 0 fully saturated rings. The number of carbonyl (C=O) groups excluding carboxylic acids is 2. The zero-order chi connectivity index (χ0) is 24.0. The molecule has 0 aliphatic rings. The van der Waals surface area contributed by atoms with Crippen molar-refractivity contribution >= 4 is 18.1 Å². The molecule has 1 heterocycles. The number of hydrogen-bond acceptors (Lipinski definition) is 4. The van der Waals surface area contributed by atoms with E-state index in [9.17, 15) is 9.59 Å². The number of rotatable bonds is 8. The zero-order valence-electron chi connectivity index (χ0n) is 19.9. The molecular formula is C27H31N3O3. The van der Waals surface area contributed by atoms with Crippen LogP contribution >= 0.6 is 0 Å². The smallest absolute Gasteiger partial charge is 0.310 e. The van der Waals surface area contributed by atoms with E-state index in [0.29, 0.717) is 13.0 Å². The van der Waals surface area contributed by atoms with Crippen molar-refractivity contribution in [2.24, 2.45) is 5.10 Å². The average Bonchev–Trinajstić information content (AvgIpc) is 3.04. The van der Waals surface area contributed by atoms with E-state index in [1.165, 1.54) is 5.56 Å². The lowest BCUT2D eigenvalue weighted by atomic mass is 10.0. The van der Waals surface area contributed by atoms with E-state index in [1.54, 1.807) is 13.1 Å². The average molecular weight is 446 g/mol. The molecule has 172 valence electrons. The third kappa shape index (κ3) is 6.19. The molecule has 0 aliphatic carbocycles. The van der Waals surface area contributed by atoms with Crippen molar-refractivity contribution in [2.45, 2.75) is 47.5 Å². The van der Waals surface area contributed by atoms with Crippen LogP contribution in [0.2, 0.25) is 0 Å². The fraction of sp³-hybridized carbons (Fsp3) is 0.296. The van der Waals surface area contributed by atoms with Crippen molar-refractivity contribution in [1.29, 1.82) is 0 Å². The normalized spacial score (nSPS) is 11.1. The van der Waals surface area contributed by atoms with Crippen LogP contribution in [0.5, 0.6) is 0 Å². The van der Waals surface area contributed by atoms with Crippen LogP contribution < -0.4 is 5.43 Å². The topological polar surface area (TPSA) is 72.7 Å². The first-order valence-electron chi connectivity index (χ1n) is 11.1. The summed E-state index contributed by atoms with van der Waals surface area (Å²) < 4.78 is 7.13. The number of aryl methyl sites for hydroxylation is 3. The van der Waals surface area contributed by atoms with Gasteiger partial charge in [-0.3, -0.25) is 9.59 Å². The molecule has 1 amide bonds. The second-order valence-electron chi connectivity index (χ2n) is 8.21. The van der Waals surface area contributed by atoms with Gasteiger partial charge in [-0.05, 0) is 69.5 Å². The summed E-state index contributed by atoms with van der Waals surface area (Å²) >= 11 is 0. The predicted molar refractivity (Wildman–Crippen MR) is 131 cm³/mol. The molecule has 0 saturated carbocycles. The molecule has 1 N–H and O–H groups in total. The van der Waals surface area contributed by atoms with Gasteiger partial charge in [0.25, 0.3) is 0 Å². The number of esters is 1. The van der Waals surface area contributed by atoms with Gasteiger partial charge in [0.2, 0.25) is 5.91 Å². The van der Waals surface area contributed by atoms with Gasteiger partial charge in [0.1, 0.15) is 0 Å². The van der Waals surface area contributed by atoms with Gasteiger partial charge in [0.15, 0.2) is 0 Å². The SMILES string of the molecule is CCOC(=O)Cc1ccc(-n2c(C)cc(/C=N\NC(=O)Cc3ccc(C)cc3C)c2C)cc1. The predicted octanol–water partition coefficient (Wildman–Crippen LogP) is 4.51. The zero-order valence-corrected chi connectivity index (χ0v) is 19.9. The Balaban J connectivity index is 1.67. The highest BCUT2D eigenvalue weighted by Crippen LogP contribution is 2.20. The van der Waals surface area contributed by atoms with Crippen LogP contribution in [0.1, 0.15) is 46.1 Å². The number of hydrogen-bond donors (Lipinski definition) is 1. The van der Waals surface area contributed by atoms with E-state index < -0.39 is 0 Å². The minimum Gasteiger partial charge on any atom is -0.466 e. The minimum absolute atomic E-state index is 0.149. The van der Waals surface area contributed by atoms with Crippen molar-refractivity contribution in [2.75, 3.05) is 6.61 Å². The van der Waals surface area contributed by atoms with Gasteiger partial charge < -0.3 is 9.30 Å². The first kappa shape index (κ1) is 24.0. The number of ether oxygens (including phenoxy) is 1. The Morgan fingerprint density at radius 3 is 2.39 bits per heavy atom. The van der Waals surface area contributed by atoms with Crippen LogP contribution in [0.15, 0.2) is 53.6 Å². The summed E-state index contributed by atoms with van der Waals surface area (Å²) in [7, 11) is 0. The molecule has 6 nitrogen and oxygen atoms in total. The summed E-state index contributed by atoms with van der Waals surface area (Å²) in [4.78, 5) is 24.0. The van der Waals surface area contributed by atoms with Crippen molar-refractivity contribution in [1.82, 2.24) is 9.99 Å². The van der Waals surface area contributed by atoms with E-state index >= 15 is 0 Å². The molecule has 6 heteroatoms. The van der Waals surface area contributed by atoms with E-state index in [1.807, 2.05) is 70.2 Å². The fourth-order valence-electron chi connectivity index (χ4n) is 3.89. The van der Waals surface area contributed by atoms with Gasteiger partial charge >= 0.3 is 5.97 Å². The van der Waals surface area contributed by atoms with Crippen LogP contribution in [0.3, 0.4) is 0 Å². The highest BCUT2D eigenvalue weighted by Gasteiger charge is 2.11. The number of benzene rings is 2. The summed E-state index contributed by atoms with van der Waals surface area (Å²) in [5.41, 5.74) is 10.8. The molecule has 0 saturated heterocycles. The summed E-state index contributed by atoms with van der Waals surface area (Å²) in [6, 6.07) is 15.9. The molecule has 0 unspecified atom stereocenters. The lowest BCUT2D eigenvalue weighted by Gasteiger charge is -2.10. The van der Waals surface area contributed by atoms with Crippen LogP contribution in [-0.2, 0) is 27.2 Å². The fourth-order valence-corrected chi connectivity index (χ4v) is 3.89.